The summed E-state index contributed by atoms with van der Waals surface area (Å²) < 4.78 is 5.68. The number of nitrogens with zero attached hydrogens (tertiary/aromatic N) is 2. The second-order valence-corrected chi connectivity index (χ2v) is 6.45. The van der Waals surface area contributed by atoms with Crippen molar-refractivity contribution in [3.8, 4) is 0 Å². The Bertz CT molecular complexity index is 670. The highest BCUT2D eigenvalue weighted by Crippen LogP contribution is 2.24. The number of hydrogen-bond acceptors (Lipinski definition) is 3. The lowest BCUT2D eigenvalue weighted by atomic mass is 9.88. The molecule has 1 amide bonds. The molecule has 1 aliphatic heterocycles. The van der Waals surface area contributed by atoms with E-state index in [-0.39, 0.29) is 12.0 Å². The predicted molar refractivity (Wildman–Crippen MR) is 93.9 cm³/mol. The number of amides is 1. The molecule has 1 aliphatic rings. The van der Waals surface area contributed by atoms with Gasteiger partial charge in [0.05, 0.1) is 11.7 Å². The van der Waals surface area contributed by atoms with E-state index in [1.807, 2.05) is 30.0 Å². The number of methoxy groups -OCH3 is 1. The molecule has 0 bridgehead atoms. The molecule has 3 rings (SSSR count). The second kappa shape index (κ2) is 7.58. The number of aromatic nitrogens is 1. The maximum Gasteiger partial charge on any atom is 0.255 e. The van der Waals surface area contributed by atoms with Crippen LogP contribution in [0.3, 0.4) is 0 Å². The molecule has 1 aromatic heterocycles. The number of aryl methyl sites for hydroxylation is 1. The van der Waals surface area contributed by atoms with Gasteiger partial charge in [0.1, 0.15) is 0 Å². The molecule has 0 saturated carbocycles. The fraction of sp³-hybridized carbons (Fsp3) is 0.400. The van der Waals surface area contributed by atoms with Gasteiger partial charge in [-0.25, -0.2) is 0 Å². The summed E-state index contributed by atoms with van der Waals surface area (Å²) in [6.07, 6.45) is 3.67. The highest BCUT2D eigenvalue weighted by atomic mass is 16.5. The first-order valence-electron chi connectivity index (χ1n) is 8.46. The van der Waals surface area contributed by atoms with Gasteiger partial charge < -0.3 is 9.64 Å². The largest absolute Gasteiger partial charge is 0.381 e. The van der Waals surface area contributed by atoms with E-state index in [2.05, 4.69) is 29.2 Å². The third kappa shape index (κ3) is 3.82. The zero-order chi connectivity index (χ0) is 16.9. The third-order valence-corrected chi connectivity index (χ3v) is 4.75. The smallest absolute Gasteiger partial charge is 0.255 e. The Morgan fingerprint density at radius 2 is 2.04 bits per heavy atom. The van der Waals surface area contributed by atoms with Gasteiger partial charge in [-0.1, -0.05) is 30.3 Å². The van der Waals surface area contributed by atoms with Gasteiger partial charge in [-0.2, -0.15) is 0 Å². The van der Waals surface area contributed by atoms with E-state index in [9.17, 15) is 4.79 Å². The Morgan fingerprint density at radius 1 is 1.25 bits per heavy atom. The molecule has 4 heteroatoms. The van der Waals surface area contributed by atoms with E-state index in [1.54, 1.807) is 13.3 Å². The lowest BCUT2D eigenvalue weighted by Gasteiger charge is -2.38. The van der Waals surface area contributed by atoms with Crippen molar-refractivity contribution in [3.05, 3.63) is 65.5 Å². The van der Waals surface area contributed by atoms with Crippen molar-refractivity contribution in [3.63, 3.8) is 0 Å². The number of benzene rings is 1. The summed E-state index contributed by atoms with van der Waals surface area (Å²) >= 11 is 0. The number of rotatable bonds is 4. The van der Waals surface area contributed by atoms with Crippen molar-refractivity contribution in [2.45, 2.75) is 25.9 Å². The number of ether oxygens (including phenoxy) is 1. The van der Waals surface area contributed by atoms with E-state index in [4.69, 9.17) is 4.74 Å². The third-order valence-electron chi connectivity index (χ3n) is 4.75. The first-order valence-corrected chi connectivity index (χ1v) is 8.46. The Morgan fingerprint density at radius 3 is 2.71 bits per heavy atom. The molecule has 0 N–H and O–H groups in total. The lowest BCUT2D eigenvalue weighted by Crippen LogP contribution is -2.47. The van der Waals surface area contributed by atoms with Gasteiger partial charge in [-0.05, 0) is 37.5 Å². The Kier molecular flexibility index (Phi) is 5.26. The van der Waals surface area contributed by atoms with Crippen LogP contribution in [0, 0.1) is 12.8 Å². The van der Waals surface area contributed by atoms with Gasteiger partial charge >= 0.3 is 0 Å². The van der Waals surface area contributed by atoms with Crippen LogP contribution in [0.25, 0.3) is 0 Å². The number of piperidine rings is 1. The zero-order valence-electron chi connectivity index (χ0n) is 14.3. The van der Waals surface area contributed by atoms with Gasteiger partial charge in [0.2, 0.25) is 0 Å². The standard InChI is InChI=1S/C20H24N2O2/c1-15-8-9-17(13-21-15)20(23)22-11-10-19(24-2)18(14-22)12-16-6-4-3-5-7-16/h3-9,13,18-19H,10-12,14H2,1-2H3/t18-,19-/m0/s1. The molecule has 2 heterocycles. The summed E-state index contributed by atoms with van der Waals surface area (Å²) in [6, 6.07) is 14.2. The summed E-state index contributed by atoms with van der Waals surface area (Å²) in [4.78, 5) is 18.9. The van der Waals surface area contributed by atoms with Crippen LogP contribution in [0.15, 0.2) is 48.7 Å². The van der Waals surface area contributed by atoms with Crippen molar-refractivity contribution in [2.24, 2.45) is 5.92 Å². The normalized spacial score (nSPS) is 20.8. The zero-order valence-corrected chi connectivity index (χ0v) is 14.3. The molecule has 2 atom stereocenters. The molecule has 1 saturated heterocycles. The second-order valence-electron chi connectivity index (χ2n) is 6.45. The van der Waals surface area contributed by atoms with Crippen LogP contribution >= 0.6 is 0 Å². The number of likely N-dealkylation sites (tertiary alicyclic amines) is 1. The van der Waals surface area contributed by atoms with Crippen LogP contribution in [0.5, 0.6) is 0 Å². The van der Waals surface area contributed by atoms with E-state index in [0.29, 0.717) is 11.5 Å². The molecular weight excluding hydrogens is 300 g/mol. The van der Waals surface area contributed by atoms with Crippen LogP contribution in [-0.4, -0.2) is 42.1 Å². The van der Waals surface area contributed by atoms with Crippen molar-refractivity contribution < 1.29 is 9.53 Å². The van der Waals surface area contributed by atoms with E-state index >= 15 is 0 Å². The summed E-state index contributed by atoms with van der Waals surface area (Å²) in [7, 11) is 1.77. The van der Waals surface area contributed by atoms with Crippen molar-refractivity contribution >= 4 is 5.91 Å². The first kappa shape index (κ1) is 16.7. The molecule has 24 heavy (non-hydrogen) atoms. The van der Waals surface area contributed by atoms with Crippen LogP contribution in [-0.2, 0) is 11.2 Å². The number of carbonyl (C=O) groups is 1. The van der Waals surface area contributed by atoms with Gasteiger partial charge in [0, 0.05) is 38.0 Å². The molecule has 0 radical (unpaired) electrons. The topological polar surface area (TPSA) is 42.4 Å². The van der Waals surface area contributed by atoms with Crippen molar-refractivity contribution in [1.82, 2.24) is 9.88 Å². The number of hydrogen-bond donors (Lipinski definition) is 0. The maximum atomic E-state index is 12.7. The lowest BCUT2D eigenvalue weighted by molar-refractivity contribution is -0.00300. The minimum Gasteiger partial charge on any atom is -0.381 e. The molecular formula is C20H24N2O2. The van der Waals surface area contributed by atoms with Crippen molar-refractivity contribution in [2.75, 3.05) is 20.2 Å². The van der Waals surface area contributed by atoms with Crippen LogP contribution in [0.1, 0.15) is 28.0 Å². The monoisotopic (exact) mass is 324 g/mol. The predicted octanol–water partition coefficient (Wildman–Crippen LogP) is 3.11. The van der Waals surface area contributed by atoms with Gasteiger partial charge in [-0.15, -0.1) is 0 Å². The summed E-state index contributed by atoms with van der Waals surface area (Å²) in [5, 5.41) is 0. The quantitative estimate of drug-likeness (QED) is 0.868. The molecule has 4 nitrogen and oxygen atoms in total. The SMILES string of the molecule is CO[C@H]1CCN(C(=O)c2ccc(C)nc2)C[C@@H]1Cc1ccccc1. The first-order chi connectivity index (χ1) is 11.7. The maximum absolute atomic E-state index is 12.7. The molecule has 126 valence electrons. The highest BCUT2D eigenvalue weighted by molar-refractivity contribution is 5.94. The van der Waals surface area contributed by atoms with Crippen LogP contribution < -0.4 is 0 Å². The highest BCUT2D eigenvalue weighted by Gasteiger charge is 2.32. The number of pyridine rings is 1. The average molecular weight is 324 g/mol. The Balaban J connectivity index is 1.72. The van der Waals surface area contributed by atoms with Gasteiger partial charge in [0.15, 0.2) is 0 Å². The van der Waals surface area contributed by atoms with E-state index < -0.39 is 0 Å². The van der Waals surface area contributed by atoms with Gasteiger partial charge in [-0.3, -0.25) is 9.78 Å². The Hall–Kier alpha value is -2.20. The minimum absolute atomic E-state index is 0.0649. The van der Waals surface area contributed by atoms with E-state index in [0.717, 1.165) is 31.6 Å². The summed E-state index contributed by atoms with van der Waals surface area (Å²) in [5.74, 6) is 0.378. The minimum atomic E-state index is 0.0649. The van der Waals surface area contributed by atoms with Crippen molar-refractivity contribution in [1.29, 1.82) is 0 Å². The fourth-order valence-electron chi connectivity index (χ4n) is 3.40. The van der Waals surface area contributed by atoms with E-state index in [1.165, 1.54) is 5.56 Å². The molecule has 1 fully saturated rings. The average Bonchev–Trinajstić information content (AvgIpc) is 2.62. The molecule has 0 aliphatic carbocycles. The van der Waals surface area contributed by atoms with Crippen LogP contribution in [0.4, 0.5) is 0 Å². The fourth-order valence-corrected chi connectivity index (χ4v) is 3.40. The molecule has 2 aromatic rings. The Labute approximate surface area is 143 Å². The van der Waals surface area contributed by atoms with Gasteiger partial charge in [0.25, 0.3) is 5.91 Å². The van der Waals surface area contributed by atoms with Crippen LogP contribution in [0.2, 0.25) is 0 Å². The molecule has 1 aromatic carbocycles. The summed E-state index contributed by atoms with van der Waals surface area (Å²) in [5.41, 5.74) is 2.87. The summed E-state index contributed by atoms with van der Waals surface area (Å²) in [6.45, 7) is 3.38. The molecule has 0 spiro atoms. The number of carbonyl (C=O) groups excluding carboxylic acids is 1. The molecule has 0 unspecified atom stereocenters.